The van der Waals surface area contributed by atoms with Gasteiger partial charge in [-0.1, -0.05) is 0 Å². The van der Waals surface area contributed by atoms with Crippen molar-refractivity contribution in [2.24, 2.45) is 5.92 Å². The van der Waals surface area contributed by atoms with E-state index in [4.69, 9.17) is 0 Å². The van der Waals surface area contributed by atoms with Crippen LogP contribution in [0.1, 0.15) is 18.5 Å². The molecule has 2 aromatic rings. The van der Waals surface area contributed by atoms with Gasteiger partial charge in [0.05, 0.1) is 5.69 Å². The molecule has 1 fully saturated rings. The summed E-state index contributed by atoms with van der Waals surface area (Å²) >= 11 is 0. The zero-order valence-corrected chi connectivity index (χ0v) is 9.80. The van der Waals surface area contributed by atoms with E-state index in [-0.39, 0.29) is 0 Å². The quantitative estimate of drug-likeness (QED) is 0.868. The molecule has 17 heavy (non-hydrogen) atoms. The molecule has 0 spiro atoms. The van der Waals surface area contributed by atoms with Crippen LogP contribution in [0.3, 0.4) is 0 Å². The molecule has 0 amide bonds. The molecule has 0 bridgehead atoms. The highest BCUT2D eigenvalue weighted by molar-refractivity contribution is 5.36. The van der Waals surface area contributed by atoms with Crippen LogP contribution in [0.2, 0.25) is 0 Å². The van der Waals surface area contributed by atoms with Gasteiger partial charge in [-0.2, -0.15) is 5.10 Å². The van der Waals surface area contributed by atoms with E-state index >= 15 is 0 Å². The first kappa shape index (κ1) is 10.3. The third kappa shape index (κ3) is 2.43. The standard InChI is InChI=1S/C12H15N5/c1-9-6-7-17(16-9)12-5-4-11(14-15-12)13-8-10-2-3-10/h4-7,10H,2-3,8H2,1H3,(H,13,14). The Morgan fingerprint density at radius 1 is 1.29 bits per heavy atom. The fourth-order valence-corrected chi connectivity index (χ4v) is 1.66. The van der Waals surface area contributed by atoms with Crippen LogP contribution in [0.15, 0.2) is 24.4 Å². The van der Waals surface area contributed by atoms with E-state index in [9.17, 15) is 0 Å². The summed E-state index contributed by atoms with van der Waals surface area (Å²) in [5.41, 5.74) is 0.975. The molecule has 1 aliphatic carbocycles. The lowest BCUT2D eigenvalue weighted by molar-refractivity contribution is 0.799. The van der Waals surface area contributed by atoms with Crippen LogP contribution in [0.5, 0.6) is 0 Å². The lowest BCUT2D eigenvalue weighted by atomic mass is 10.4. The van der Waals surface area contributed by atoms with Gasteiger partial charge < -0.3 is 5.32 Å². The minimum absolute atomic E-state index is 0.745. The number of nitrogens with one attached hydrogen (secondary N) is 1. The topological polar surface area (TPSA) is 55.6 Å². The summed E-state index contributed by atoms with van der Waals surface area (Å²) in [6.07, 6.45) is 4.56. The van der Waals surface area contributed by atoms with E-state index in [0.29, 0.717) is 0 Å². The Kier molecular flexibility index (Phi) is 2.51. The fraction of sp³-hybridized carbons (Fsp3) is 0.417. The first-order valence-corrected chi connectivity index (χ1v) is 5.91. The first-order chi connectivity index (χ1) is 8.31. The van der Waals surface area contributed by atoms with Crippen molar-refractivity contribution >= 4 is 5.82 Å². The van der Waals surface area contributed by atoms with E-state index in [1.54, 1.807) is 4.68 Å². The maximum absolute atomic E-state index is 4.29. The number of nitrogens with zero attached hydrogens (tertiary/aromatic N) is 4. The highest BCUT2D eigenvalue weighted by Gasteiger charge is 2.20. The van der Waals surface area contributed by atoms with Crippen molar-refractivity contribution in [3.8, 4) is 5.82 Å². The number of rotatable bonds is 4. The van der Waals surface area contributed by atoms with Gasteiger partial charge in [-0.25, -0.2) is 4.68 Å². The molecule has 1 saturated carbocycles. The smallest absolute Gasteiger partial charge is 0.175 e. The summed E-state index contributed by atoms with van der Waals surface area (Å²) in [4.78, 5) is 0. The molecular weight excluding hydrogens is 214 g/mol. The molecule has 88 valence electrons. The molecular formula is C12H15N5. The Morgan fingerprint density at radius 3 is 2.76 bits per heavy atom. The second-order valence-electron chi connectivity index (χ2n) is 4.50. The predicted molar refractivity (Wildman–Crippen MR) is 65.1 cm³/mol. The van der Waals surface area contributed by atoms with Gasteiger partial charge in [0, 0.05) is 12.7 Å². The van der Waals surface area contributed by atoms with E-state index in [0.717, 1.165) is 29.8 Å². The SMILES string of the molecule is Cc1ccn(-c2ccc(NCC3CC3)nn2)n1. The second kappa shape index (κ2) is 4.16. The van der Waals surface area contributed by atoms with Crippen molar-refractivity contribution < 1.29 is 0 Å². The maximum Gasteiger partial charge on any atom is 0.175 e. The van der Waals surface area contributed by atoms with Gasteiger partial charge >= 0.3 is 0 Å². The van der Waals surface area contributed by atoms with Crippen LogP contribution in [0.4, 0.5) is 5.82 Å². The van der Waals surface area contributed by atoms with Gasteiger partial charge in [0.25, 0.3) is 0 Å². The summed E-state index contributed by atoms with van der Waals surface area (Å²) in [5.74, 6) is 2.42. The lowest BCUT2D eigenvalue weighted by Gasteiger charge is -2.04. The molecule has 0 atom stereocenters. The zero-order chi connectivity index (χ0) is 11.7. The van der Waals surface area contributed by atoms with Gasteiger partial charge in [0.15, 0.2) is 5.82 Å². The average molecular weight is 229 g/mol. The summed E-state index contributed by atoms with van der Waals surface area (Å²) in [7, 11) is 0. The van der Waals surface area contributed by atoms with Crippen LogP contribution >= 0.6 is 0 Å². The first-order valence-electron chi connectivity index (χ1n) is 5.91. The number of aromatic nitrogens is 4. The van der Waals surface area contributed by atoms with Gasteiger partial charge in [0.1, 0.15) is 5.82 Å². The van der Waals surface area contributed by atoms with Crippen LogP contribution < -0.4 is 5.32 Å². The van der Waals surface area contributed by atoms with Gasteiger partial charge in [-0.05, 0) is 43.9 Å². The average Bonchev–Trinajstić information content (AvgIpc) is 3.09. The number of aryl methyl sites for hydroxylation is 1. The number of hydrogen-bond donors (Lipinski definition) is 1. The third-order valence-corrected chi connectivity index (χ3v) is 2.88. The van der Waals surface area contributed by atoms with E-state index in [1.165, 1.54) is 12.8 Å². The Morgan fingerprint density at radius 2 is 2.18 bits per heavy atom. The number of anilines is 1. The highest BCUT2D eigenvalue weighted by atomic mass is 15.3. The van der Waals surface area contributed by atoms with Crippen LogP contribution in [0.25, 0.3) is 5.82 Å². The highest BCUT2D eigenvalue weighted by Crippen LogP contribution is 2.28. The summed E-state index contributed by atoms with van der Waals surface area (Å²) in [6.45, 7) is 2.96. The van der Waals surface area contributed by atoms with Crippen molar-refractivity contribution in [1.82, 2.24) is 20.0 Å². The molecule has 0 radical (unpaired) electrons. The molecule has 0 saturated heterocycles. The van der Waals surface area contributed by atoms with Crippen molar-refractivity contribution in [1.29, 1.82) is 0 Å². The Balaban J connectivity index is 1.70. The summed E-state index contributed by atoms with van der Waals surface area (Å²) in [5, 5.41) is 15.9. The van der Waals surface area contributed by atoms with Gasteiger partial charge in [0.2, 0.25) is 0 Å². The molecule has 5 heteroatoms. The summed E-state index contributed by atoms with van der Waals surface area (Å²) < 4.78 is 1.73. The normalized spacial score (nSPS) is 14.9. The molecule has 2 heterocycles. The maximum atomic E-state index is 4.29. The fourth-order valence-electron chi connectivity index (χ4n) is 1.66. The van der Waals surface area contributed by atoms with E-state index in [1.807, 2.05) is 31.3 Å². The third-order valence-electron chi connectivity index (χ3n) is 2.88. The predicted octanol–water partition coefficient (Wildman–Crippen LogP) is 1.79. The van der Waals surface area contributed by atoms with Crippen LogP contribution in [-0.2, 0) is 0 Å². The van der Waals surface area contributed by atoms with Crippen molar-refractivity contribution in [3.63, 3.8) is 0 Å². The Bertz CT molecular complexity index is 498. The Hall–Kier alpha value is -1.91. The van der Waals surface area contributed by atoms with Crippen molar-refractivity contribution in [2.45, 2.75) is 19.8 Å². The summed E-state index contributed by atoms with van der Waals surface area (Å²) in [6, 6.07) is 5.82. The van der Waals surface area contributed by atoms with Crippen LogP contribution in [0, 0.1) is 12.8 Å². The van der Waals surface area contributed by atoms with Crippen molar-refractivity contribution in [2.75, 3.05) is 11.9 Å². The monoisotopic (exact) mass is 229 g/mol. The second-order valence-corrected chi connectivity index (χ2v) is 4.50. The molecule has 5 nitrogen and oxygen atoms in total. The molecule has 1 N–H and O–H groups in total. The van der Waals surface area contributed by atoms with E-state index in [2.05, 4.69) is 20.6 Å². The minimum atomic E-state index is 0.745. The number of hydrogen-bond acceptors (Lipinski definition) is 4. The minimum Gasteiger partial charge on any atom is -0.368 e. The van der Waals surface area contributed by atoms with Gasteiger partial charge in [-0.15, -0.1) is 10.2 Å². The molecule has 0 aromatic carbocycles. The largest absolute Gasteiger partial charge is 0.368 e. The lowest BCUT2D eigenvalue weighted by Crippen LogP contribution is -2.07. The zero-order valence-electron chi connectivity index (χ0n) is 9.80. The van der Waals surface area contributed by atoms with E-state index < -0.39 is 0 Å². The molecule has 3 rings (SSSR count). The molecule has 0 aliphatic heterocycles. The van der Waals surface area contributed by atoms with Gasteiger partial charge in [-0.3, -0.25) is 0 Å². The van der Waals surface area contributed by atoms with Crippen molar-refractivity contribution in [3.05, 3.63) is 30.1 Å². The molecule has 0 unspecified atom stereocenters. The molecule has 1 aliphatic rings. The Labute approximate surface area is 99.9 Å². The van der Waals surface area contributed by atoms with Crippen LogP contribution in [-0.4, -0.2) is 26.5 Å². The molecule has 2 aromatic heterocycles.